The van der Waals surface area contributed by atoms with Crippen LogP contribution < -0.4 is 20.9 Å². The summed E-state index contributed by atoms with van der Waals surface area (Å²) in [5.41, 5.74) is 1.15. The summed E-state index contributed by atoms with van der Waals surface area (Å²) in [6.07, 6.45) is 2.08. The number of aromatic amines is 1. The molecular weight excluding hydrogens is 666 g/mol. The molecule has 13 nitrogen and oxygen atoms in total. The zero-order valence-electron chi connectivity index (χ0n) is 27.9. The first-order valence-electron chi connectivity index (χ1n) is 16.2. The summed E-state index contributed by atoms with van der Waals surface area (Å²) in [6, 6.07) is 25.6. The lowest BCUT2D eigenvalue weighted by atomic mass is 9.85. The van der Waals surface area contributed by atoms with Gasteiger partial charge in [0.1, 0.15) is 11.5 Å². The van der Waals surface area contributed by atoms with E-state index < -0.39 is 17.7 Å². The van der Waals surface area contributed by atoms with Crippen molar-refractivity contribution < 1.29 is 34.8 Å². The molecule has 2 aromatic heterocycles. The molecule has 0 saturated carbocycles. The van der Waals surface area contributed by atoms with Crippen LogP contribution in [0, 0.1) is 0 Å². The lowest BCUT2D eigenvalue weighted by Crippen LogP contribution is -2.36. The van der Waals surface area contributed by atoms with E-state index in [0.717, 1.165) is 5.56 Å². The second kappa shape index (κ2) is 15.2. The van der Waals surface area contributed by atoms with E-state index in [1.807, 2.05) is 0 Å². The Morgan fingerprint density at radius 2 is 1.69 bits per heavy atom. The fourth-order valence-corrected chi connectivity index (χ4v) is 5.90. The number of phenolic OH excluding ortho intramolecular Hbond substituents is 1. The van der Waals surface area contributed by atoms with Gasteiger partial charge >= 0.3 is 5.97 Å². The number of aromatic hydroxyl groups is 1. The summed E-state index contributed by atoms with van der Waals surface area (Å²) in [6.45, 7) is 0.567. The Kier molecular flexibility index (Phi) is 10.4. The van der Waals surface area contributed by atoms with Gasteiger partial charge in [-0.3, -0.25) is 19.6 Å². The average Bonchev–Trinajstić information content (AvgIpc) is 3.17. The summed E-state index contributed by atoms with van der Waals surface area (Å²) in [5, 5.41) is 48.7. The summed E-state index contributed by atoms with van der Waals surface area (Å²) in [7, 11) is 1.50. The van der Waals surface area contributed by atoms with Crippen LogP contribution in [0.5, 0.6) is 11.5 Å². The first-order chi connectivity index (χ1) is 25.1. The molecule has 7 N–H and O–H groups in total. The molecule has 0 spiro atoms. The highest BCUT2D eigenvalue weighted by Crippen LogP contribution is 2.33. The molecule has 0 aliphatic heterocycles. The molecule has 1 amide bonds. The van der Waals surface area contributed by atoms with Crippen molar-refractivity contribution in [3.8, 4) is 22.8 Å². The number of aliphatic hydroxyl groups excluding tert-OH is 1. The third-order valence-corrected chi connectivity index (χ3v) is 8.68. The number of amides is 1. The molecular formula is C39H35N5O8. The third-order valence-electron chi connectivity index (χ3n) is 8.68. The van der Waals surface area contributed by atoms with Crippen LogP contribution in [-0.4, -0.2) is 60.9 Å². The molecule has 0 bridgehead atoms. The number of phenols is 1. The average molecular weight is 702 g/mol. The molecule has 0 aliphatic carbocycles. The highest BCUT2D eigenvalue weighted by molar-refractivity contribution is 5.94. The van der Waals surface area contributed by atoms with E-state index in [4.69, 9.17) is 4.74 Å². The molecule has 264 valence electrons. The van der Waals surface area contributed by atoms with Crippen LogP contribution in [0.15, 0.2) is 114 Å². The normalized spacial score (nSPS) is 12.9. The Bertz CT molecular complexity index is 2300. The number of carboxylic acid groups (broad SMARTS) is 1. The molecule has 6 aromatic rings. The van der Waals surface area contributed by atoms with Crippen molar-refractivity contribution in [3.63, 3.8) is 0 Å². The SMILES string of the molecule is COc1cc(C(=O)NCc2cnc(-c3cccc([C@](O)(C(=O)O)c4ccccc4)c3)cn2)ccc1CNC[C@H](O)c1ccc(O)c2[nH]c(=O)ccc12. The minimum absolute atomic E-state index is 0.0856. The van der Waals surface area contributed by atoms with Crippen molar-refractivity contribution in [2.24, 2.45) is 0 Å². The smallest absolute Gasteiger partial charge is 0.345 e. The van der Waals surface area contributed by atoms with Crippen LogP contribution in [0.3, 0.4) is 0 Å². The van der Waals surface area contributed by atoms with Gasteiger partial charge in [0.05, 0.1) is 49.1 Å². The van der Waals surface area contributed by atoms with E-state index in [0.29, 0.717) is 45.8 Å². The number of carboxylic acids is 1. The van der Waals surface area contributed by atoms with Gasteiger partial charge in [0.25, 0.3) is 5.91 Å². The summed E-state index contributed by atoms with van der Waals surface area (Å²) < 4.78 is 5.53. The highest BCUT2D eigenvalue weighted by Gasteiger charge is 2.40. The van der Waals surface area contributed by atoms with Crippen molar-refractivity contribution in [2.75, 3.05) is 13.7 Å². The number of H-pyrrole nitrogens is 1. The van der Waals surface area contributed by atoms with Gasteiger partial charge in [0, 0.05) is 46.8 Å². The van der Waals surface area contributed by atoms with Crippen LogP contribution in [0.25, 0.3) is 22.2 Å². The molecule has 2 atom stereocenters. The highest BCUT2D eigenvalue weighted by atomic mass is 16.5. The minimum Gasteiger partial charge on any atom is -0.506 e. The van der Waals surface area contributed by atoms with Gasteiger partial charge in [-0.15, -0.1) is 0 Å². The standard InChI is InChI=1S/C39H35N5O8/c1-52-34-17-24(10-11-25(34)18-40-22-33(46)29-12-14-32(45)36-30(29)13-15-35(47)44-36)37(48)43-20-28-19-42-31(21-41-28)23-6-5-9-27(16-23)39(51,38(49)50)26-7-3-2-4-8-26/h2-17,19,21,33,40,45-46,51H,18,20,22H2,1H3,(H,43,48)(H,44,47)(H,49,50)/t33-,39-/m0/s1. The van der Waals surface area contributed by atoms with Crippen LogP contribution in [-0.2, 0) is 23.5 Å². The molecule has 0 fully saturated rings. The number of fused-ring (bicyclic) bond motifs is 1. The fourth-order valence-electron chi connectivity index (χ4n) is 5.90. The number of pyridine rings is 1. The van der Waals surface area contributed by atoms with Gasteiger partial charge < -0.3 is 40.8 Å². The van der Waals surface area contributed by atoms with Gasteiger partial charge in [-0.25, -0.2) is 4.79 Å². The predicted molar refractivity (Wildman–Crippen MR) is 192 cm³/mol. The summed E-state index contributed by atoms with van der Waals surface area (Å²) in [5.74, 6) is -1.39. The molecule has 52 heavy (non-hydrogen) atoms. The second-order valence-electron chi connectivity index (χ2n) is 12.0. The van der Waals surface area contributed by atoms with Crippen molar-refractivity contribution >= 4 is 22.8 Å². The number of rotatable bonds is 13. The molecule has 4 aromatic carbocycles. The lowest BCUT2D eigenvalue weighted by Gasteiger charge is -2.25. The topological polar surface area (TPSA) is 207 Å². The Morgan fingerprint density at radius 1 is 0.904 bits per heavy atom. The number of aliphatic carboxylic acids is 1. The molecule has 13 heteroatoms. The zero-order chi connectivity index (χ0) is 36.8. The van der Waals surface area contributed by atoms with E-state index in [1.54, 1.807) is 78.9 Å². The number of methoxy groups -OCH3 is 1. The number of hydrogen-bond donors (Lipinski definition) is 7. The Hall–Kier alpha value is -6.41. The van der Waals surface area contributed by atoms with E-state index in [9.17, 15) is 34.8 Å². The van der Waals surface area contributed by atoms with Crippen LogP contribution in [0.4, 0.5) is 0 Å². The lowest BCUT2D eigenvalue weighted by molar-refractivity contribution is -0.155. The Balaban J connectivity index is 1.06. The first kappa shape index (κ1) is 35.4. The molecule has 0 radical (unpaired) electrons. The second-order valence-corrected chi connectivity index (χ2v) is 12.0. The van der Waals surface area contributed by atoms with Crippen molar-refractivity contribution in [1.29, 1.82) is 0 Å². The van der Waals surface area contributed by atoms with Gasteiger partial charge in [-0.2, -0.15) is 0 Å². The van der Waals surface area contributed by atoms with Gasteiger partial charge in [0.2, 0.25) is 11.2 Å². The number of aliphatic hydroxyl groups is 2. The van der Waals surface area contributed by atoms with Crippen molar-refractivity contribution in [1.82, 2.24) is 25.6 Å². The molecule has 2 heterocycles. The van der Waals surface area contributed by atoms with E-state index >= 15 is 0 Å². The maximum atomic E-state index is 13.0. The zero-order valence-corrected chi connectivity index (χ0v) is 27.9. The number of benzene rings is 4. The first-order valence-corrected chi connectivity index (χ1v) is 16.2. The van der Waals surface area contributed by atoms with Crippen LogP contribution in [0.1, 0.15) is 44.4 Å². The number of carbonyl (C=O) groups excluding carboxylic acids is 1. The van der Waals surface area contributed by atoms with E-state index in [2.05, 4.69) is 25.6 Å². The molecule has 0 aliphatic rings. The van der Waals surface area contributed by atoms with Crippen molar-refractivity contribution in [3.05, 3.63) is 153 Å². The number of carbonyl (C=O) groups is 2. The number of nitrogens with zero attached hydrogens (tertiary/aromatic N) is 2. The predicted octanol–water partition coefficient (Wildman–Crippen LogP) is 3.77. The van der Waals surface area contributed by atoms with Crippen molar-refractivity contribution in [2.45, 2.75) is 24.8 Å². The maximum Gasteiger partial charge on any atom is 0.345 e. The number of ether oxygens (including phenoxy) is 1. The Labute approximate surface area is 297 Å². The van der Waals surface area contributed by atoms with Crippen LogP contribution >= 0.6 is 0 Å². The van der Waals surface area contributed by atoms with Gasteiger partial charge in [-0.1, -0.05) is 60.7 Å². The number of hydrogen-bond acceptors (Lipinski definition) is 10. The third kappa shape index (κ3) is 7.37. The van der Waals surface area contributed by atoms with Gasteiger partial charge in [-0.05, 0) is 41.5 Å². The monoisotopic (exact) mass is 701 g/mol. The number of aromatic nitrogens is 3. The molecule has 0 unspecified atom stereocenters. The summed E-state index contributed by atoms with van der Waals surface area (Å²) in [4.78, 5) is 48.4. The fraction of sp³-hybridized carbons (Fsp3) is 0.154. The Morgan fingerprint density at radius 3 is 2.42 bits per heavy atom. The largest absolute Gasteiger partial charge is 0.506 e. The number of nitrogens with one attached hydrogen (secondary N) is 3. The van der Waals surface area contributed by atoms with E-state index in [1.165, 1.54) is 37.7 Å². The summed E-state index contributed by atoms with van der Waals surface area (Å²) >= 11 is 0. The quantitative estimate of drug-likeness (QED) is 0.0923. The van der Waals surface area contributed by atoms with Crippen LogP contribution in [0.2, 0.25) is 0 Å². The molecule has 0 saturated heterocycles. The molecule has 6 rings (SSSR count). The van der Waals surface area contributed by atoms with E-state index in [-0.39, 0.29) is 46.9 Å². The maximum absolute atomic E-state index is 13.0. The van der Waals surface area contributed by atoms with Gasteiger partial charge in [0.15, 0.2) is 0 Å². The minimum atomic E-state index is -2.26.